The highest BCUT2D eigenvalue weighted by molar-refractivity contribution is 6.43. The highest BCUT2D eigenvalue weighted by atomic mass is 35.5. The second-order valence-electron chi connectivity index (χ2n) is 4.68. The van der Waals surface area contributed by atoms with Gasteiger partial charge in [0.15, 0.2) is 0 Å². The molecule has 1 fully saturated rings. The summed E-state index contributed by atoms with van der Waals surface area (Å²) >= 11 is 17.9. The molecule has 0 aromatic heterocycles. The number of nitrogens with zero attached hydrogens (tertiary/aromatic N) is 1. The number of aliphatic hydroxyl groups is 1. The molecule has 1 aromatic rings. The number of halogens is 3. The number of rotatable bonds is 4. The van der Waals surface area contributed by atoms with Gasteiger partial charge in [-0.2, -0.15) is 0 Å². The Morgan fingerprint density at radius 1 is 1.11 bits per heavy atom. The van der Waals surface area contributed by atoms with E-state index in [0.29, 0.717) is 27.1 Å². The summed E-state index contributed by atoms with van der Waals surface area (Å²) in [7, 11) is 0. The zero-order valence-electron chi connectivity index (χ0n) is 10.5. The predicted molar refractivity (Wildman–Crippen MR) is 80.4 cm³/mol. The summed E-state index contributed by atoms with van der Waals surface area (Å²) in [5.41, 5.74) is 0.645. The van der Waals surface area contributed by atoms with Gasteiger partial charge in [0.2, 0.25) is 0 Å². The third kappa shape index (κ3) is 4.22. The molecule has 2 N–H and O–H groups in total. The minimum Gasteiger partial charge on any atom is -0.388 e. The second kappa shape index (κ2) is 7.11. The van der Waals surface area contributed by atoms with E-state index in [9.17, 15) is 5.11 Å². The maximum absolute atomic E-state index is 10.2. The van der Waals surface area contributed by atoms with E-state index in [-0.39, 0.29) is 0 Å². The van der Waals surface area contributed by atoms with Crippen molar-refractivity contribution in [1.29, 1.82) is 0 Å². The van der Waals surface area contributed by atoms with E-state index in [1.54, 1.807) is 12.1 Å². The normalized spacial score (nSPS) is 18.5. The van der Waals surface area contributed by atoms with Gasteiger partial charge in [0.05, 0.1) is 16.1 Å². The molecule has 1 unspecified atom stereocenters. The van der Waals surface area contributed by atoms with Crippen molar-refractivity contribution in [2.75, 3.05) is 32.7 Å². The van der Waals surface area contributed by atoms with Gasteiger partial charge >= 0.3 is 0 Å². The maximum Gasteiger partial charge on any atom is 0.0817 e. The zero-order valence-corrected chi connectivity index (χ0v) is 12.8. The Morgan fingerprint density at radius 2 is 1.74 bits per heavy atom. The topological polar surface area (TPSA) is 35.5 Å². The van der Waals surface area contributed by atoms with Crippen molar-refractivity contribution in [3.05, 3.63) is 32.8 Å². The number of benzene rings is 1. The Labute approximate surface area is 128 Å². The number of hydrogen-bond acceptors (Lipinski definition) is 3. The first-order valence-corrected chi connectivity index (χ1v) is 7.47. The molecule has 19 heavy (non-hydrogen) atoms. The third-order valence-corrected chi connectivity index (χ3v) is 4.38. The molecule has 1 aromatic carbocycles. The number of hydrogen-bond donors (Lipinski definition) is 2. The molecule has 3 nitrogen and oxygen atoms in total. The molecule has 0 saturated carbocycles. The van der Waals surface area contributed by atoms with Gasteiger partial charge < -0.3 is 15.3 Å². The minimum atomic E-state index is -0.614. The Balaban J connectivity index is 1.95. The van der Waals surface area contributed by atoms with Gasteiger partial charge in [0, 0.05) is 43.3 Å². The Hall–Kier alpha value is -0.0300. The van der Waals surface area contributed by atoms with Gasteiger partial charge in [-0.05, 0) is 18.6 Å². The Morgan fingerprint density at radius 3 is 2.42 bits per heavy atom. The standard InChI is InChI=1S/C13H17Cl3N2O/c14-10-8-12(16)11(15)7-9(10)13(19)1-4-18-5-2-17-3-6-18/h7-8,13,17,19H,1-6H2. The van der Waals surface area contributed by atoms with Crippen LogP contribution in [0.1, 0.15) is 18.1 Å². The van der Waals surface area contributed by atoms with Crippen LogP contribution in [-0.4, -0.2) is 42.7 Å². The van der Waals surface area contributed by atoms with E-state index >= 15 is 0 Å². The summed E-state index contributed by atoms with van der Waals surface area (Å²) in [5.74, 6) is 0. The van der Waals surface area contributed by atoms with Gasteiger partial charge in [-0.25, -0.2) is 0 Å². The SMILES string of the molecule is OC(CCN1CCNCC1)c1cc(Cl)c(Cl)cc1Cl. The summed E-state index contributed by atoms with van der Waals surface area (Å²) in [6.07, 6.45) is 0.0228. The maximum atomic E-state index is 10.2. The average molecular weight is 324 g/mol. The van der Waals surface area contributed by atoms with Crippen LogP contribution in [0.5, 0.6) is 0 Å². The van der Waals surface area contributed by atoms with Crippen LogP contribution < -0.4 is 5.32 Å². The first-order chi connectivity index (χ1) is 9.08. The molecule has 0 bridgehead atoms. The lowest BCUT2D eigenvalue weighted by atomic mass is 10.1. The van der Waals surface area contributed by atoms with Gasteiger partial charge in [-0.1, -0.05) is 34.8 Å². The molecule has 1 atom stereocenters. The van der Waals surface area contributed by atoms with E-state index in [2.05, 4.69) is 10.2 Å². The van der Waals surface area contributed by atoms with Crippen LogP contribution in [0.25, 0.3) is 0 Å². The van der Waals surface area contributed by atoms with E-state index in [0.717, 1.165) is 32.7 Å². The van der Waals surface area contributed by atoms with E-state index in [4.69, 9.17) is 34.8 Å². The highest BCUT2D eigenvalue weighted by Gasteiger charge is 2.16. The molecule has 1 heterocycles. The van der Waals surface area contributed by atoms with Crippen molar-refractivity contribution in [2.24, 2.45) is 0 Å². The zero-order chi connectivity index (χ0) is 13.8. The van der Waals surface area contributed by atoms with Crippen LogP contribution >= 0.6 is 34.8 Å². The summed E-state index contributed by atoms with van der Waals surface area (Å²) in [6, 6.07) is 3.23. The molecule has 0 aliphatic carbocycles. The smallest absolute Gasteiger partial charge is 0.0817 e. The molecule has 2 rings (SSSR count). The van der Waals surface area contributed by atoms with Crippen LogP contribution in [0, 0.1) is 0 Å². The van der Waals surface area contributed by atoms with Crippen molar-refractivity contribution in [1.82, 2.24) is 10.2 Å². The van der Waals surface area contributed by atoms with Crippen molar-refractivity contribution < 1.29 is 5.11 Å². The molecule has 0 amide bonds. The molecule has 1 aliphatic rings. The lowest BCUT2D eigenvalue weighted by molar-refractivity contribution is 0.137. The fraction of sp³-hybridized carbons (Fsp3) is 0.538. The lowest BCUT2D eigenvalue weighted by Gasteiger charge is -2.28. The van der Waals surface area contributed by atoms with Crippen LogP contribution in [0.3, 0.4) is 0 Å². The molecule has 0 radical (unpaired) electrons. The van der Waals surface area contributed by atoms with Gasteiger partial charge in [-0.3, -0.25) is 0 Å². The summed E-state index contributed by atoms with van der Waals surface area (Å²) < 4.78 is 0. The third-order valence-electron chi connectivity index (χ3n) is 3.33. The van der Waals surface area contributed by atoms with Gasteiger partial charge in [-0.15, -0.1) is 0 Å². The van der Waals surface area contributed by atoms with Gasteiger partial charge in [0.25, 0.3) is 0 Å². The first-order valence-electron chi connectivity index (χ1n) is 6.33. The molecule has 1 aliphatic heterocycles. The van der Waals surface area contributed by atoms with Crippen molar-refractivity contribution in [3.8, 4) is 0 Å². The first kappa shape index (κ1) is 15.4. The van der Waals surface area contributed by atoms with Crippen LogP contribution in [0.4, 0.5) is 0 Å². The van der Waals surface area contributed by atoms with Crippen molar-refractivity contribution in [2.45, 2.75) is 12.5 Å². The molecular formula is C13H17Cl3N2O. The largest absolute Gasteiger partial charge is 0.388 e. The van der Waals surface area contributed by atoms with Crippen LogP contribution in [0.2, 0.25) is 15.1 Å². The number of piperazine rings is 1. The average Bonchev–Trinajstić information content (AvgIpc) is 2.41. The van der Waals surface area contributed by atoms with Crippen molar-refractivity contribution >= 4 is 34.8 Å². The molecule has 1 saturated heterocycles. The quantitative estimate of drug-likeness (QED) is 0.836. The minimum absolute atomic E-state index is 0.407. The van der Waals surface area contributed by atoms with E-state index in [1.165, 1.54) is 0 Å². The monoisotopic (exact) mass is 322 g/mol. The van der Waals surface area contributed by atoms with E-state index < -0.39 is 6.10 Å². The number of aliphatic hydroxyl groups excluding tert-OH is 1. The van der Waals surface area contributed by atoms with Crippen molar-refractivity contribution in [3.63, 3.8) is 0 Å². The summed E-state index contributed by atoms with van der Waals surface area (Å²) in [4.78, 5) is 2.32. The number of nitrogens with one attached hydrogen (secondary N) is 1. The summed E-state index contributed by atoms with van der Waals surface area (Å²) in [5, 5.41) is 14.8. The van der Waals surface area contributed by atoms with Crippen LogP contribution in [-0.2, 0) is 0 Å². The van der Waals surface area contributed by atoms with E-state index in [1.807, 2.05) is 0 Å². The fourth-order valence-corrected chi connectivity index (χ4v) is 2.87. The Kier molecular flexibility index (Phi) is 5.75. The Bertz CT molecular complexity index is 436. The molecule has 6 heteroatoms. The van der Waals surface area contributed by atoms with Gasteiger partial charge in [0.1, 0.15) is 0 Å². The lowest BCUT2D eigenvalue weighted by Crippen LogP contribution is -2.44. The molecule has 106 valence electrons. The summed E-state index contributed by atoms with van der Waals surface area (Å²) in [6.45, 7) is 4.89. The van der Waals surface area contributed by atoms with Crippen LogP contribution in [0.15, 0.2) is 12.1 Å². The molecular weight excluding hydrogens is 307 g/mol. The fourth-order valence-electron chi connectivity index (χ4n) is 2.19. The molecule has 0 spiro atoms. The highest BCUT2D eigenvalue weighted by Crippen LogP contribution is 2.33. The second-order valence-corrected chi connectivity index (χ2v) is 5.91. The predicted octanol–water partition coefficient (Wildman–Crippen LogP) is 2.98.